The van der Waals surface area contributed by atoms with Crippen molar-refractivity contribution in [3.63, 3.8) is 0 Å². The molecule has 140 valence electrons. The highest BCUT2D eigenvalue weighted by molar-refractivity contribution is 5.90. The Kier molecular flexibility index (Phi) is 5.58. The van der Waals surface area contributed by atoms with E-state index in [2.05, 4.69) is 15.3 Å². The molecule has 0 unspecified atom stereocenters. The Labute approximate surface area is 148 Å². The third kappa shape index (κ3) is 5.06. The fourth-order valence-electron chi connectivity index (χ4n) is 2.71. The number of nitrogens with one attached hydrogen (secondary N) is 1. The molecule has 26 heavy (non-hydrogen) atoms. The summed E-state index contributed by atoms with van der Waals surface area (Å²) in [5, 5.41) is 6.06. The molecule has 0 spiro atoms. The molecule has 0 radical (unpaired) electrons. The van der Waals surface area contributed by atoms with Gasteiger partial charge in [-0.05, 0) is 23.8 Å². The molecule has 9 heteroatoms. The molecule has 0 atom stereocenters. The van der Waals surface area contributed by atoms with E-state index in [0.29, 0.717) is 18.9 Å². The number of nitrogens with zero attached hydrogens (tertiary/aromatic N) is 3. The van der Waals surface area contributed by atoms with E-state index in [4.69, 9.17) is 4.74 Å². The van der Waals surface area contributed by atoms with E-state index in [0.717, 1.165) is 42.1 Å². The van der Waals surface area contributed by atoms with Crippen LogP contribution >= 0.6 is 0 Å². The minimum atomic E-state index is -4.52. The van der Waals surface area contributed by atoms with Crippen molar-refractivity contribution in [2.45, 2.75) is 19.3 Å². The molecule has 0 aliphatic carbocycles. The molecule has 0 bridgehead atoms. The Morgan fingerprint density at radius 1 is 1.23 bits per heavy atom. The van der Waals surface area contributed by atoms with Gasteiger partial charge in [-0.15, -0.1) is 0 Å². The smallest absolute Gasteiger partial charge is 0.379 e. The second-order valence-corrected chi connectivity index (χ2v) is 6.03. The molecule has 1 fully saturated rings. The molecular weight excluding hydrogens is 349 g/mol. The van der Waals surface area contributed by atoms with E-state index in [1.807, 2.05) is 18.2 Å². The number of ether oxygens (including phenoxy) is 1. The van der Waals surface area contributed by atoms with Crippen molar-refractivity contribution in [1.82, 2.24) is 14.7 Å². The average Bonchev–Trinajstić information content (AvgIpc) is 3.05. The molecular formula is C17H19F3N4O2. The number of hydrogen-bond donors (Lipinski definition) is 1. The largest absolute Gasteiger partial charge is 0.435 e. The summed E-state index contributed by atoms with van der Waals surface area (Å²) >= 11 is 0. The van der Waals surface area contributed by atoms with Crippen LogP contribution in [0.25, 0.3) is 0 Å². The summed E-state index contributed by atoms with van der Waals surface area (Å²) in [6.07, 6.45) is -3.38. The van der Waals surface area contributed by atoms with Crippen LogP contribution in [0.1, 0.15) is 11.3 Å². The number of alkyl halides is 3. The van der Waals surface area contributed by atoms with E-state index in [1.54, 1.807) is 6.07 Å². The second kappa shape index (κ2) is 7.88. The predicted molar refractivity (Wildman–Crippen MR) is 88.4 cm³/mol. The van der Waals surface area contributed by atoms with Gasteiger partial charge in [0.1, 0.15) is 6.54 Å². The average molecular weight is 368 g/mol. The normalized spacial score (nSPS) is 15.8. The summed E-state index contributed by atoms with van der Waals surface area (Å²) in [7, 11) is 0. The van der Waals surface area contributed by atoms with Gasteiger partial charge in [0.2, 0.25) is 5.91 Å². The summed E-state index contributed by atoms with van der Waals surface area (Å²) < 4.78 is 43.9. The fourth-order valence-corrected chi connectivity index (χ4v) is 2.71. The van der Waals surface area contributed by atoms with Crippen molar-refractivity contribution >= 4 is 11.6 Å². The Morgan fingerprint density at radius 3 is 2.69 bits per heavy atom. The number of benzene rings is 1. The first kappa shape index (κ1) is 18.4. The molecule has 6 nitrogen and oxygen atoms in total. The Balaban J connectivity index is 1.57. The van der Waals surface area contributed by atoms with E-state index in [-0.39, 0.29) is 6.54 Å². The maximum Gasteiger partial charge on any atom is 0.435 e. The number of morpholine rings is 1. The standard InChI is InChI=1S/C17H19F3N4O2/c18-17(19,20)15-4-5-24(22-15)12-16(25)21-14-3-1-2-13(10-14)11-23-6-8-26-9-7-23/h1-5,10H,6-9,11-12H2,(H,21,25). The molecule has 1 amide bonds. The van der Waals surface area contributed by atoms with Gasteiger partial charge < -0.3 is 10.1 Å². The van der Waals surface area contributed by atoms with Gasteiger partial charge in [0.25, 0.3) is 0 Å². The van der Waals surface area contributed by atoms with E-state index >= 15 is 0 Å². The van der Waals surface area contributed by atoms with Crippen LogP contribution in [0.3, 0.4) is 0 Å². The van der Waals surface area contributed by atoms with Crippen molar-refractivity contribution in [3.8, 4) is 0 Å². The molecule has 1 aliphatic rings. The minimum absolute atomic E-state index is 0.288. The lowest BCUT2D eigenvalue weighted by Crippen LogP contribution is -2.35. The Bertz CT molecular complexity index is 754. The van der Waals surface area contributed by atoms with Gasteiger partial charge in [0.15, 0.2) is 5.69 Å². The summed E-state index contributed by atoms with van der Waals surface area (Å²) in [5.74, 6) is -0.439. The van der Waals surface area contributed by atoms with Gasteiger partial charge in [0.05, 0.1) is 13.2 Å². The maximum atomic E-state index is 12.5. The zero-order valence-electron chi connectivity index (χ0n) is 14.0. The topological polar surface area (TPSA) is 59.4 Å². The second-order valence-electron chi connectivity index (χ2n) is 6.03. The third-order valence-electron chi connectivity index (χ3n) is 3.96. The van der Waals surface area contributed by atoms with Crippen LogP contribution < -0.4 is 5.32 Å². The highest BCUT2D eigenvalue weighted by atomic mass is 19.4. The highest BCUT2D eigenvalue weighted by Gasteiger charge is 2.33. The van der Waals surface area contributed by atoms with Gasteiger partial charge in [-0.2, -0.15) is 18.3 Å². The van der Waals surface area contributed by atoms with E-state index in [1.165, 1.54) is 0 Å². The number of halogens is 3. The van der Waals surface area contributed by atoms with Crippen molar-refractivity contribution < 1.29 is 22.7 Å². The first-order valence-corrected chi connectivity index (χ1v) is 8.20. The Morgan fingerprint density at radius 2 is 2.00 bits per heavy atom. The quantitative estimate of drug-likeness (QED) is 0.880. The highest BCUT2D eigenvalue weighted by Crippen LogP contribution is 2.27. The van der Waals surface area contributed by atoms with Crippen LogP contribution in [0.2, 0.25) is 0 Å². The lowest BCUT2D eigenvalue weighted by atomic mass is 10.2. The van der Waals surface area contributed by atoms with Crippen LogP contribution in [0.4, 0.5) is 18.9 Å². The number of rotatable bonds is 5. The number of carbonyl (C=O) groups is 1. The molecule has 1 N–H and O–H groups in total. The summed E-state index contributed by atoms with van der Waals surface area (Å²) in [5.41, 5.74) is 0.630. The SMILES string of the molecule is O=C(Cn1ccc(C(F)(F)F)n1)Nc1cccc(CN2CCOCC2)c1. The number of amides is 1. The van der Waals surface area contributed by atoms with Gasteiger partial charge in [-0.1, -0.05) is 12.1 Å². The Hall–Kier alpha value is -2.39. The summed E-state index contributed by atoms with van der Waals surface area (Å²) in [6.45, 7) is 3.60. The number of hydrogen-bond acceptors (Lipinski definition) is 4. The van der Waals surface area contributed by atoms with E-state index < -0.39 is 17.8 Å². The third-order valence-corrected chi connectivity index (χ3v) is 3.96. The monoisotopic (exact) mass is 368 g/mol. The van der Waals surface area contributed by atoms with Crippen molar-refractivity contribution in [3.05, 3.63) is 47.8 Å². The van der Waals surface area contributed by atoms with Crippen LogP contribution in [-0.2, 0) is 28.8 Å². The molecule has 1 aliphatic heterocycles. The number of carbonyl (C=O) groups excluding carboxylic acids is 1. The predicted octanol–water partition coefficient (Wildman–Crippen LogP) is 2.37. The lowest BCUT2D eigenvalue weighted by Gasteiger charge is -2.26. The van der Waals surface area contributed by atoms with Crippen molar-refractivity contribution in [2.24, 2.45) is 0 Å². The van der Waals surface area contributed by atoms with Crippen molar-refractivity contribution in [2.75, 3.05) is 31.6 Å². The van der Waals surface area contributed by atoms with Gasteiger partial charge in [-0.3, -0.25) is 14.4 Å². The lowest BCUT2D eigenvalue weighted by molar-refractivity contribution is -0.141. The minimum Gasteiger partial charge on any atom is -0.379 e. The van der Waals surface area contributed by atoms with E-state index in [9.17, 15) is 18.0 Å². The number of aromatic nitrogens is 2. The van der Waals surface area contributed by atoms with Crippen LogP contribution in [0, 0.1) is 0 Å². The zero-order valence-corrected chi connectivity index (χ0v) is 14.0. The van der Waals surface area contributed by atoms with Crippen LogP contribution in [0.15, 0.2) is 36.5 Å². The maximum absolute atomic E-state index is 12.5. The molecule has 1 aromatic carbocycles. The first-order chi connectivity index (χ1) is 12.4. The summed E-state index contributed by atoms with van der Waals surface area (Å²) in [6, 6.07) is 8.24. The molecule has 1 aromatic heterocycles. The molecule has 0 saturated carbocycles. The van der Waals surface area contributed by atoms with Gasteiger partial charge >= 0.3 is 6.18 Å². The number of anilines is 1. The van der Waals surface area contributed by atoms with Gasteiger partial charge in [-0.25, -0.2) is 0 Å². The molecule has 2 heterocycles. The van der Waals surface area contributed by atoms with Gasteiger partial charge in [0, 0.05) is 31.5 Å². The first-order valence-electron chi connectivity index (χ1n) is 8.20. The van der Waals surface area contributed by atoms with Crippen molar-refractivity contribution in [1.29, 1.82) is 0 Å². The zero-order chi connectivity index (χ0) is 18.6. The fraction of sp³-hybridized carbons (Fsp3) is 0.412. The molecule has 1 saturated heterocycles. The molecule has 2 aromatic rings. The molecule has 3 rings (SSSR count). The van der Waals surface area contributed by atoms with Crippen LogP contribution in [0.5, 0.6) is 0 Å². The van der Waals surface area contributed by atoms with Crippen LogP contribution in [-0.4, -0.2) is 46.9 Å². The summed E-state index contributed by atoms with van der Waals surface area (Å²) in [4.78, 5) is 14.3.